The van der Waals surface area contributed by atoms with Crippen LogP contribution in [-0.4, -0.2) is 48.6 Å². The van der Waals surface area contributed by atoms with E-state index >= 15 is 0 Å². The standard InChI is InChI=1S/C26H32Cl2N2O3/c1-18(2)14-30(16-20-12-23(28)25-24(13-20)32-9-4-10-33-25)26(31)21-7-8-29(17-21)15-19-5-3-6-22(27)11-19/h3,5-6,11-13,18,21H,4,7-10,14-17H2,1-2H3/t21-/m1/s1. The van der Waals surface area contributed by atoms with E-state index in [1.165, 1.54) is 5.56 Å². The minimum atomic E-state index is -0.00110. The number of likely N-dealkylation sites (tertiary alicyclic amines) is 1. The highest BCUT2D eigenvalue weighted by molar-refractivity contribution is 6.32. The maximum absolute atomic E-state index is 13.6. The molecular formula is C26H32Cl2N2O3. The fourth-order valence-corrected chi connectivity index (χ4v) is 5.10. The van der Waals surface area contributed by atoms with Gasteiger partial charge >= 0.3 is 0 Å². The molecule has 4 rings (SSSR count). The van der Waals surface area contributed by atoms with E-state index in [-0.39, 0.29) is 11.8 Å². The van der Waals surface area contributed by atoms with Crippen LogP contribution >= 0.6 is 23.2 Å². The molecule has 0 radical (unpaired) electrons. The molecule has 0 saturated carbocycles. The summed E-state index contributed by atoms with van der Waals surface area (Å²) in [4.78, 5) is 17.9. The quantitative estimate of drug-likeness (QED) is 0.501. The van der Waals surface area contributed by atoms with Gasteiger partial charge in [0.25, 0.3) is 0 Å². The first kappa shape index (κ1) is 24.2. The smallest absolute Gasteiger partial charge is 0.227 e. The maximum atomic E-state index is 13.6. The van der Waals surface area contributed by atoms with Crippen LogP contribution in [0.25, 0.3) is 0 Å². The summed E-state index contributed by atoms with van der Waals surface area (Å²) in [5.41, 5.74) is 2.14. The molecule has 1 saturated heterocycles. The number of ether oxygens (including phenoxy) is 2. The van der Waals surface area contributed by atoms with E-state index in [1.807, 2.05) is 35.2 Å². The molecule has 2 aromatic carbocycles. The van der Waals surface area contributed by atoms with Crippen molar-refractivity contribution in [1.29, 1.82) is 0 Å². The topological polar surface area (TPSA) is 42.0 Å². The lowest BCUT2D eigenvalue weighted by Crippen LogP contribution is -2.39. The maximum Gasteiger partial charge on any atom is 0.227 e. The average Bonchev–Trinajstić information content (AvgIpc) is 3.08. The summed E-state index contributed by atoms with van der Waals surface area (Å²) < 4.78 is 11.6. The number of hydrogen-bond acceptors (Lipinski definition) is 4. The van der Waals surface area contributed by atoms with Crippen molar-refractivity contribution in [3.05, 3.63) is 57.6 Å². The molecule has 0 unspecified atom stereocenters. The zero-order valence-electron chi connectivity index (χ0n) is 19.4. The number of rotatable bonds is 7. The third-order valence-corrected chi connectivity index (χ3v) is 6.57. The van der Waals surface area contributed by atoms with E-state index in [1.54, 1.807) is 0 Å². The number of carbonyl (C=O) groups excluding carboxylic acids is 1. The molecule has 0 aliphatic carbocycles. The van der Waals surface area contributed by atoms with Crippen molar-refractivity contribution in [2.24, 2.45) is 11.8 Å². The van der Waals surface area contributed by atoms with Gasteiger partial charge in [0.1, 0.15) is 0 Å². The van der Waals surface area contributed by atoms with E-state index in [0.29, 0.717) is 48.7 Å². The van der Waals surface area contributed by atoms with Crippen molar-refractivity contribution in [3.8, 4) is 11.5 Å². The van der Waals surface area contributed by atoms with E-state index in [2.05, 4.69) is 24.8 Å². The lowest BCUT2D eigenvalue weighted by Gasteiger charge is -2.28. The lowest BCUT2D eigenvalue weighted by atomic mass is 10.0. The largest absolute Gasteiger partial charge is 0.489 e. The van der Waals surface area contributed by atoms with Crippen molar-refractivity contribution in [2.75, 3.05) is 32.8 Å². The molecule has 0 bridgehead atoms. The molecule has 5 nitrogen and oxygen atoms in total. The number of halogens is 2. The summed E-state index contributed by atoms with van der Waals surface area (Å²) in [7, 11) is 0. The summed E-state index contributed by atoms with van der Waals surface area (Å²) in [5, 5.41) is 1.28. The monoisotopic (exact) mass is 490 g/mol. The zero-order chi connectivity index (χ0) is 23.4. The van der Waals surface area contributed by atoms with Gasteiger partial charge in [0.05, 0.1) is 24.2 Å². The SMILES string of the molecule is CC(C)CN(Cc1cc(Cl)c2c(c1)OCCCO2)C(=O)[C@@H]1CCN(Cc2cccc(Cl)c2)C1. The minimum absolute atomic E-state index is 0.00110. The molecule has 1 fully saturated rings. The van der Waals surface area contributed by atoms with Crippen LogP contribution in [0.5, 0.6) is 11.5 Å². The van der Waals surface area contributed by atoms with Gasteiger partial charge in [0.15, 0.2) is 11.5 Å². The number of nitrogens with zero attached hydrogens (tertiary/aromatic N) is 2. The number of hydrogen-bond donors (Lipinski definition) is 0. The highest BCUT2D eigenvalue weighted by Crippen LogP contribution is 2.38. The minimum Gasteiger partial charge on any atom is -0.489 e. The van der Waals surface area contributed by atoms with Crippen molar-refractivity contribution in [2.45, 2.75) is 39.8 Å². The number of amides is 1. The molecule has 7 heteroatoms. The summed E-state index contributed by atoms with van der Waals surface area (Å²) in [6.07, 6.45) is 1.70. The van der Waals surface area contributed by atoms with Crippen LogP contribution in [0, 0.1) is 11.8 Å². The van der Waals surface area contributed by atoms with Gasteiger partial charge in [-0.25, -0.2) is 0 Å². The van der Waals surface area contributed by atoms with Crippen molar-refractivity contribution < 1.29 is 14.3 Å². The van der Waals surface area contributed by atoms with E-state index in [0.717, 1.165) is 43.1 Å². The molecule has 1 amide bonds. The van der Waals surface area contributed by atoms with Gasteiger partial charge < -0.3 is 14.4 Å². The Balaban J connectivity index is 1.44. The zero-order valence-corrected chi connectivity index (χ0v) is 20.9. The fraction of sp³-hybridized carbons (Fsp3) is 0.500. The third kappa shape index (κ3) is 6.34. The highest BCUT2D eigenvalue weighted by Gasteiger charge is 2.32. The number of benzene rings is 2. The van der Waals surface area contributed by atoms with Crippen LogP contribution in [0.15, 0.2) is 36.4 Å². The molecule has 178 valence electrons. The number of fused-ring (bicyclic) bond motifs is 1. The summed E-state index contributed by atoms with van der Waals surface area (Å²) in [5.74, 6) is 1.85. The second kappa shape index (κ2) is 11.0. The molecule has 33 heavy (non-hydrogen) atoms. The molecule has 0 aromatic heterocycles. The molecule has 2 aliphatic rings. The van der Waals surface area contributed by atoms with Gasteiger partial charge in [-0.1, -0.05) is 49.2 Å². The van der Waals surface area contributed by atoms with E-state index in [4.69, 9.17) is 32.7 Å². The summed E-state index contributed by atoms with van der Waals surface area (Å²) >= 11 is 12.6. The van der Waals surface area contributed by atoms with Gasteiger partial charge in [0, 0.05) is 37.6 Å². The Morgan fingerprint density at radius 3 is 2.76 bits per heavy atom. The highest BCUT2D eigenvalue weighted by atomic mass is 35.5. The van der Waals surface area contributed by atoms with Crippen LogP contribution < -0.4 is 9.47 Å². The third-order valence-electron chi connectivity index (χ3n) is 6.05. The average molecular weight is 491 g/mol. The Kier molecular flexibility index (Phi) is 8.05. The first-order valence-corrected chi connectivity index (χ1v) is 12.5. The van der Waals surface area contributed by atoms with Gasteiger partial charge in [0.2, 0.25) is 5.91 Å². The normalized spacial score (nSPS) is 18.4. The van der Waals surface area contributed by atoms with Gasteiger partial charge in [-0.2, -0.15) is 0 Å². The van der Waals surface area contributed by atoms with Crippen LogP contribution in [0.3, 0.4) is 0 Å². The summed E-state index contributed by atoms with van der Waals surface area (Å²) in [6, 6.07) is 11.8. The van der Waals surface area contributed by atoms with Gasteiger partial charge in [-0.3, -0.25) is 9.69 Å². The predicted octanol–water partition coefficient (Wildman–Crippen LogP) is 5.66. The number of carbonyl (C=O) groups is 1. The Hall–Kier alpha value is -1.95. The Morgan fingerprint density at radius 2 is 1.97 bits per heavy atom. The van der Waals surface area contributed by atoms with Gasteiger partial charge in [-0.15, -0.1) is 0 Å². The van der Waals surface area contributed by atoms with Gasteiger partial charge in [-0.05, 0) is 54.3 Å². The Bertz CT molecular complexity index is 982. The molecule has 0 N–H and O–H groups in total. The first-order chi connectivity index (χ1) is 15.9. The molecule has 2 heterocycles. The second-order valence-corrected chi connectivity index (χ2v) is 10.3. The first-order valence-electron chi connectivity index (χ1n) is 11.7. The van der Waals surface area contributed by atoms with E-state index < -0.39 is 0 Å². The van der Waals surface area contributed by atoms with Crippen LogP contribution in [0.2, 0.25) is 10.0 Å². The molecule has 2 aromatic rings. The Morgan fingerprint density at radius 1 is 1.15 bits per heavy atom. The van der Waals surface area contributed by atoms with Crippen LogP contribution in [-0.2, 0) is 17.9 Å². The fourth-order valence-electron chi connectivity index (χ4n) is 4.60. The second-order valence-electron chi connectivity index (χ2n) is 9.42. The van der Waals surface area contributed by atoms with Crippen molar-refractivity contribution in [3.63, 3.8) is 0 Å². The predicted molar refractivity (Wildman–Crippen MR) is 132 cm³/mol. The van der Waals surface area contributed by atoms with Crippen molar-refractivity contribution in [1.82, 2.24) is 9.80 Å². The molecule has 0 spiro atoms. The lowest BCUT2D eigenvalue weighted by molar-refractivity contribution is -0.136. The van der Waals surface area contributed by atoms with Crippen LogP contribution in [0.4, 0.5) is 0 Å². The van der Waals surface area contributed by atoms with Crippen LogP contribution in [0.1, 0.15) is 37.8 Å². The summed E-state index contributed by atoms with van der Waals surface area (Å²) in [6.45, 7) is 9.18. The molecular weight excluding hydrogens is 459 g/mol. The molecule has 1 atom stereocenters. The molecule has 2 aliphatic heterocycles. The van der Waals surface area contributed by atoms with E-state index in [9.17, 15) is 4.79 Å². The van der Waals surface area contributed by atoms with Crippen molar-refractivity contribution >= 4 is 29.1 Å². The Labute approximate surface area is 206 Å².